The van der Waals surface area contributed by atoms with Gasteiger partial charge in [-0.2, -0.15) is 0 Å². The first-order chi connectivity index (χ1) is 11.0. The van der Waals surface area contributed by atoms with Gasteiger partial charge in [0.2, 0.25) is 5.75 Å². The number of aromatic hydroxyl groups is 1. The maximum Gasteiger partial charge on any atom is 0.307 e. The van der Waals surface area contributed by atoms with Gasteiger partial charge in [0.1, 0.15) is 6.10 Å². The molecule has 124 valence electrons. The number of carbonyl (C=O) groups is 2. The van der Waals surface area contributed by atoms with Crippen LogP contribution in [0.5, 0.6) is 17.2 Å². The number of Topliss-reactive ketones (excluding diaryl/α,β-unsaturated/α-hetero) is 1. The second-order valence-corrected chi connectivity index (χ2v) is 5.36. The summed E-state index contributed by atoms with van der Waals surface area (Å²) in [6, 6.07) is 1.37. The van der Waals surface area contributed by atoms with Crippen LogP contribution in [0.15, 0.2) is 18.2 Å². The fourth-order valence-corrected chi connectivity index (χ4v) is 2.55. The molecule has 23 heavy (non-hydrogen) atoms. The first-order valence-electron chi connectivity index (χ1n) is 7.49. The zero-order valence-electron chi connectivity index (χ0n) is 13.2. The number of fused-ring (bicyclic) bond motifs is 1. The Balaban J connectivity index is 2.46. The fourth-order valence-electron chi connectivity index (χ4n) is 2.55. The molecular weight excluding hydrogens is 300 g/mol. The van der Waals surface area contributed by atoms with E-state index in [9.17, 15) is 14.7 Å². The number of allylic oxidation sites excluding steroid dienone is 1. The molecule has 1 aliphatic rings. The van der Waals surface area contributed by atoms with Crippen molar-refractivity contribution in [2.75, 3.05) is 7.11 Å². The molecule has 0 aromatic heterocycles. The van der Waals surface area contributed by atoms with E-state index in [1.807, 2.05) is 13.0 Å². The highest BCUT2D eigenvalue weighted by molar-refractivity contribution is 6.03. The number of carboxylic acids is 1. The van der Waals surface area contributed by atoms with Crippen molar-refractivity contribution in [2.24, 2.45) is 0 Å². The molecule has 0 aliphatic carbocycles. The van der Waals surface area contributed by atoms with Crippen LogP contribution in [0.2, 0.25) is 0 Å². The third-order valence-corrected chi connectivity index (χ3v) is 3.60. The molecule has 0 spiro atoms. The molecule has 0 radical (unpaired) electrons. The Kier molecular flexibility index (Phi) is 5.26. The average Bonchev–Trinajstić information content (AvgIpc) is 2.49. The summed E-state index contributed by atoms with van der Waals surface area (Å²) in [6.45, 7) is 2.04. The van der Waals surface area contributed by atoms with Crippen LogP contribution in [0.25, 0.3) is 0 Å². The van der Waals surface area contributed by atoms with Gasteiger partial charge in [-0.3, -0.25) is 9.59 Å². The summed E-state index contributed by atoms with van der Waals surface area (Å²) in [6.07, 6.45) is 4.87. The number of carboxylic acid groups (broad SMARTS) is 1. The number of aliphatic carboxylic acids is 1. The quantitative estimate of drug-likeness (QED) is 0.783. The van der Waals surface area contributed by atoms with E-state index < -0.39 is 12.1 Å². The van der Waals surface area contributed by atoms with Gasteiger partial charge in [-0.05, 0) is 24.1 Å². The number of ether oxygens (including phenoxy) is 2. The van der Waals surface area contributed by atoms with E-state index in [1.165, 1.54) is 13.2 Å². The second kappa shape index (κ2) is 7.17. The Hall–Kier alpha value is -2.50. The summed E-state index contributed by atoms with van der Waals surface area (Å²) < 4.78 is 10.8. The monoisotopic (exact) mass is 320 g/mol. The SMILES string of the molecule is CCC/C=C/C1CC(=O)c2c(CC(=O)O)cc(OC)c(O)c2O1. The molecule has 1 aliphatic heterocycles. The van der Waals surface area contributed by atoms with Crippen LogP contribution in [0, 0.1) is 0 Å². The van der Waals surface area contributed by atoms with Crippen LogP contribution < -0.4 is 9.47 Å². The molecule has 1 aromatic rings. The smallest absolute Gasteiger partial charge is 0.307 e. The van der Waals surface area contributed by atoms with Gasteiger partial charge in [-0.25, -0.2) is 0 Å². The van der Waals surface area contributed by atoms with Gasteiger partial charge in [0.15, 0.2) is 17.3 Å². The molecule has 0 bridgehead atoms. The number of unbranched alkanes of at least 4 members (excludes halogenated alkanes) is 1. The minimum atomic E-state index is -1.07. The third kappa shape index (κ3) is 3.64. The lowest BCUT2D eigenvalue weighted by atomic mass is 9.93. The molecule has 6 heteroatoms. The molecule has 0 saturated carbocycles. The van der Waals surface area contributed by atoms with Crippen molar-refractivity contribution in [2.45, 2.75) is 38.7 Å². The molecule has 1 heterocycles. The van der Waals surface area contributed by atoms with E-state index >= 15 is 0 Å². The number of phenolic OH excluding ortho intramolecular Hbond substituents is 1. The van der Waals surface area contributed by atoms with Crippen LogP contribution in [0.4, 0.5) is 0 Å². The van der Waals surface area contributed by atoms with Crippen molar-refractivity contribution in [3.63, 3.8) is 0 Å². The summed E-state index contributed by atoms with van der Waals surface area (Å²) in [7, 11) is 1.36. The van der Waals surface area contributed by atoms with Crippen molar-refractivity contribution < 1.29 is 29.3 Å². The number of carbonyl (C=O) groups excluding carboxylic acids is 1. The summed E-state index contributed by atoms with van der Waals surface area (Å²) in [5, 5.41) is 19.2. The van der Waals surface area contributed by atoms with Gasteiger partial charge in [0, 0.05) is 0 Å². The summed E-state index contributed by atoms with van der Waals surface area (Å²) in [4.78, 5) is 23.4. The first kappa shape index (κ1) is 16.9. The van der Waals surface area contributed by atoms with E-state index in [0.29, 0.717) is 0 Å². The first-order valence-corrected chi connectivity index (χ1v) is 7.49. The zero-order valence-corrected chi connectivity index (χ0v) is 13.2. The predicted octanol–water partition coefficient (Wildman–Crippen LogP) is 2.72. The number of methoxy groups -OCH3 is 1. The summed E-state index contributed by atoms with van der Waals surface area (Å²) in [5.41, 5.74) is 0.411. The Labute approximate surface area is 134 Å². The molecule has 0 saturated heterocycles. The van der Waals surface area contributed by atoms with Crippen LogP contribution in [-0.4, -0.2) is 35.2 Å². The third-order valence-electron chi connectivity index (χ3n) is 3.60. The number of ketones is 1. The Morgan fingerprint density at radius 2 is 2.26 bits per heavy atom. The largest absolute Gasteiger partial charge is 0.502 e. The van der Waals surface area contributed by atoms with Crippen LogP contribution in [0.3, 0.4) is 0 Å². The predicted molar refractivity (Wildman–Crippen MR) is 83.4 cm³/mol. The van der Waals surface area contributed by atoms with Crippen molar-refractivity contribution in [3.05, 3.63) is 29.3 Å². The van der Waals surface area contributed by atoms with Gasteiger partial charge in [0.05, 0.1) is 25.5 Å². The Morgan fingerprint density at radius 1 is 1.52 bits per heavy atom. The van der Waals surface area contributed by atoms with E-state index in [2.05, 4.69) is 0 Å². The topological polar surface area (TPSA) is 93.1 Å². The van der Waals surface area contributed by atoms with Crippen LogP contribution in [0.1, 0.15) is 42.1 Å². The standard InChI is InChI=1S/C17H20O6/c1-3-4-5-6-11-9-12(18)15-10(8-14(19)20)7-13(22-2)16(21)17(15)23-11/h5-7,11,21H,3-4,8-9H2,1-2H3,(H,19,20)/b6-5+. The van der Waals surface area contributed by atoms with Gasteiger partial charge in [-0.15, -0.1) is 0 Å². The maximum absolute atomic E-state index is 12.4. The minimum absolute atomic E-state index is 0.00278. The second-order valence-electron chi connectivity index (χ2n) is 5.36. The normalized spacial score (nSPS) is 17.0. The lowest BCUT2D eigenvalue weighted by molar-refractivity contribution is -0.136. The number of hydrogen-bond donors (Lipinski definition) is 2. The fraction of sp³-hybridized carbons (Fsp3) is 0.412. The number of benzene rings is 1. The van der Waals surface area contributed by atoms with E-state index in [4.69, 9.17) is 14.6 Å². The van der Waals surface area contributed by atoms with Crippen LogP contribution in [-0.2, 0) is 11.2 Å². The van der Waals surface area contributed by atoms with Gasteiger partial charge in [-0.1, -0.05) is 19.4 Å². The average molecular weight is 320 g/mol. The van der Waals surface area contributed by atoms with E-state index in [1.54, 1.807) is 6.08 Å². The molecule has 0 amide bonds. The maximum atomic E-state index is 12.4. The van der Waals surface area contributed by atoms with E-state index in [0.717, 1.165) is 12.8 Å². The van der Waals surface area contributed by atoms with Crippen molar-refractivity contribution in [3.8, 4) is 17.2 Å². The molecule has 1 aromatic carbocycles. The van der Waals surface area contributed by atoms with Crippen molar-refractivity contribution in [1.82, 2.24) is 0 Å². The number of phenols is 1. The highest BCUT2D eigenvalue weighted by Gasteiger charge is 2.32. The molecule has 1 atom stereocenters. The highest BCUT2D eigenvalue weighted by atomic mass is 16.5. The highest BCUT2D eigenvalue weighted by Crippen LogP contribution is 2.44. The number of rotatable bonds is 6. The Morgan fingerprint density at radius 3 is 2.87 bits per heavy atom. The van der Waals surface area contributed by atoms with Crippen molar-refractivity contribution >= 4 is 11.8 Å². The molecular formula is C17H20O6. The summed E-state index contributed by atoms with van der Waals surface area (Å²) >= 11 is 0. The molecule has 6 nitrogen and oxygen atoms in total. The molecule has 0 fully saturated rings. The van der Waals surface area contributed by atoms with Crippen molar-refractivity contribution in [1.29, 1.82) is 0 Å². The van der Waals surface area contributed by atoms with Gasteiger partial charge < -0.3 is 19.7 Å². The Bertz CT molecular complexity index is 647. The van der Waals surface area contributed by atoms with Crippen LogP contribution >= 0.6 is 0 Å². The van der Waals surface area contributed by atoms with Gasteiger partial charge in [0.25, 0.3) is 0 Å². The van der Waals surface area contributed by atoms with Gasteiger partial charge >= 0.3 is 5.97 Å². The lowest BCUT2D eigenvalue weighted by Gasteiger charge is -2.26. The minimum Gasteiger partial charge on any atom is -0.502 e. The molecule has 2 rings (SSSR count). The summed E-state index contributed by atoms with van der Waals surface area (Å²) in [5.74, 6) is -1.50. The van der Waals surface area contributed by atoms with E-state index in [-0.39, 0.29) is 47.0 Å². The molecule has 2 N–H and O–H groups in total. The lowest BCUT2D eigenvalue weighted by Crippen LogP contribution is -2.27. The molecule has 1 unspecified atom stereocenters. The zero-order chi connectivity index (χ0) is 17.0. The number of hydrogen-bond acceptors (Lipinski definition) is 5.